The molecule has 0 saturated heterocycles. The molecule has 2 aromatic carbocycles. The first-order valence-corrected chi connectivity index (χ1v) is 7.07. The Labute approximate surface area is 135 Å². The number of fused-ring (bicyclic) bond motifs is 1. The summed E-state index contributed by atoms with van der Waals surface area (Å²) in [5.41, 5.74) is 0.851. The molecule has 1 aromatic heterocycles. The number of carboxylic acids is 1. The molecule has 6 heteroatoms. The van der Waals surface area contributed by atoms with Gasteiger partial charge in [-0.3, -0.25) is 4.79 Å². The van der Waals surface area contributed by atoms with Gasteiger partial charge in [0, 0.05) is 16.7 Å². The Balaban J connectivity index is 2.02. The number of carbonyl (C=O) groups excluding carboxylic acids is 1. The Morgan fingerprint density at radius 1 is 1.13 bits per heavy atom. The van der Waals surface area contributed by atoms with Gasteiger partial charge >= 0.3 is 0 Å². The zero-order valence-electron chi connectivity index (χ0n) is 11.7. The van der Waals surface area contributed by atoms with Crippen LogP contribution in [-0.2, 0) is 4.79 Å². The number of aliphatic carboxylic acids is 1. The number of rotatable bonds is 4. The number of carboxylic acid groups (broad SMARTS) is 1. The molecule has 0 aliphatic rings. The van der Waals surface area contributed by atoms with Crippen LogP contribution in [0.4, 0.5) is 0 Å². The van der Waals surface area contributed by atoms with Crippen LogP contribution in [0.5, 0.6) is 5.75 Å². The third-order valence-corrected chi connectivity index (χ3v) is 3.44. The van der Waals surface area contributed by atoms with E-state index in [1.165, 1.54) is 18.2 Å². The average Bonchev–Trinajstić information content (AvgIpc) is 2.53. The molecule has 23 heavy (non-hydrogen) atoms. The lowest BCUT2D eigenvalue weighted by Crippen LogP contribution is -2.28. The van der Waals surface area contributed by atoms with E-state index < -0.39 is 12.6 Å². The van der Waals surface area contributed by atoms with Gasteiger partial charge < -0.3 is 19.1 Å². The third-order valence-electron chi connectivity index (χ3n) is 3.18. The molecule has 0 N–H and O–H groups in total. The Morgan fingerprint density at radius 3 is 2.57 bits per heavy atom. The zero-order chi connectivity index (χ0) is 16.4. The number of ether oxygens (including phenoxy) is 1. The van der Waals surface area contributed by atoms with Crippen molar-refractivity contribution in [3.63, 3.8) is 0 Å². The molecule has 3 aromatic rings. The van der Waals surface area contributed by atoms with Gasteiger partial charge in [0.05, 0.1) is 11.4 Å². The van der Waals surface area contributed by atoms with E-state index in [-0.39, 0.29) is 11.2 Å². The smallest absolute Gasteiger partial charge is 0.193 e. The lowest BCUT2D eigenvalue weighted by atomic mass is 10.1. The maximum absolute atomic E-state index is 12.3. The first-order chi connectivity index (χ1) is 11.0. The summed E-state index contributed by atoms with van der Waals surface area (Å²) >= 11 is 5.84. The second-order valence-corrected chi connectivity index (χ2v) is 5.24. The summed E-state index contributed by atoms with van der Waals surface area (Å²) in [6, 6.07) is 12.8. The van der Waals surface area contributed by atoms with Crippen LogP contribution in [0.1, 0.15) is 0 Å². The van der Waals surface area contributed by atoms with Gasteiger partial charge in [0.2, 0.25) is 0 Å². The van der Waals surface area contributed by atoms with E-state index in [1.54, 1.807) is 30.3 Å². The summed E-state index contributed by atoms with van der Waals surface area (Å²) < 4.78 is 10.7. The van der Waals surface area contributed by atoms with Crippen LogP contribution in [0.15, 0.2) is 57.7 Å². The van der Waals surface area contributed by atoms with Crippen molar-refractivity contribution in [1.82, 2.24) is 0 Å². The minimum atomic E-state index is -1.34. The molecule has 0 spiro atoms. The van der Waals surface area contributed by atoms with Crippen LogP contribution in [0.3, 0.4) is 0 Å². The quantitative estimate of drug-likeness (QED) is 0.733. The summed E-state index contributed by atoms with van der Waals surface area (Å²) in [6.07, 6.45) is 0. The second kappa shape index (κ2) is 6.14. The topological polar surface area (TPSA) is 79.6 Å². The Hall–Kier alpha value is -2.79. The molecule has 0 radical (unpaired) electrons. The third kappa shape index (κ3) is 3.35. The Morgan fingerprint density at radius 2 is 1.87 bits per heavy atom. The van der Waals surface area contributed by atoms with Gasteiger partial charge in [0.1, 0.15) is 23.7 Å². The van der Waals surface area contributed by atoms with Gasteiger partial charge in [-0.05, 0) is 42.5 Å². The van der Waals surface area contributed by atoms with Crippen molar-refractivity contribution in [3.8, 4) is 17.1 Å². The van der Waals surface area contributed by atoms with Gasteiger partial charge in [0.25, 0.3) is 0 Å². The van der Waals surface area contributed by atoms with E-state index in [9.17, 15) is 14.7 Å². The highest BCUT2D eigenvalue weighted by atomic mass is 35.5. The highest BCUT2D eigenvalue weighted by Crippen LogP contribution is 2.25. The molecule has 5 nitrogen and oxygen atoms in total. The first-order valence-electron chi connectivity index (χ1n) is 6.69. The number of carbonyl (C=O) groups is 1. The van der Waals surface area contributed by atoms with E-state index >= 15 is 0 Å². The molecular weight excluding hydrogens is 320 g/mol. The number of halogens is 1. The van der Waals surface area contributed by atoms with E-state index in [2.05, 4.69) is 0 Å². The predicted molar refractivity (Wildman–Crippen MR) is 83.4 cm³/mol. The molecule has 116 valence electrons. The molecule has 0 aliphatic heterocycles. The monoisotopic (exact) mass is 329 g/mol. The van der Waals surface area contributed by atoms with Crippen LogP contribution in [0.2, 0.25) is 5.02 Å². The predicted octanol–water partition coefficient (Wildman–Crippen LogP) is 2.24. The minimum Gasteiger partial charge on any atom is -0.546 e. The average molecular weight is 330 g/mol. The summed E-state index contributed by atoms with van der Waals surface area (Å²) in [5.74, 6) is -0.661. The summed E-state index contributed by atoms with van der Waals surface area (Å²) in [6.45, 7) is -0.584. The Kier molecular flexibility index (Phi) is 4.04. The van der Waals surface area contributed by atoms with Crippen LogP contribution >= 0.6 is 11.6 Å². The molecule has 0 unspecified atom stereocenters. The van der Waals surface area contributed by atoms with Crippen LogP contribution in [-0.4, -0.2) is 12.6 Å². The number of hydrogen-bond acceptors (Lipinski definition) is 5. The van der Waals surface area contributed by atoms with Crippen LogP contribution < -0.4 is 15.3 Å². The van der Waals surface area contributed by atoms with Crippen LogP contribution in [0, 0.1) is 0 Å². The first kappa shape index (κ1) is 15.1. The lowest BCUT2D eigenvalue weighted by Gasteiger charge is -2.08. The van der Waals surface area contributed by atoms with E-state index in [0.717, 1.165) is 5.56 Å². The molecule has 0 saturated carbocycles. The van der Waals surface area contributed by atoms with Crippen molar-refractivity contribution in [3.05, 3.63) is 63.8 Å². The highest BCUT2D eigenvalue weighted by Gasteiger charge is 2.08. The highest BCUT2D eigenvalue weighted by molar-refractivity contribution is 6.30. The molecule has 0 atom stereocenters. The van der Waals surface area contributed by atoms with Crippen molar-refractivity contribution >= 4 is 28.5 Å². The lowest BCUT2D eigenvalue weighted by molar-refractivity contribution is -0.307. The minimum absolute atomic E-state index is 0.255. The Bertz CT molecular complexity index is 928. The van der Waals surface area contributed by atoms with Crippen molar-refractivity contribution < 1.29 is 19.1 Å². The largest absolute Gasteiger partial charge is 0.546 e. The molecule has 0 fully saturated rings. The fourth-order valence-electron chi connectivity index (χ4n) is 2.12. The van der Waals surface area contributed by atoms with Crippen molar-refractivity contribution in [2.45, 2.75) is 0 Å². The van der Waals surface area contributed by atoms with E-state index in [4.69, 9.17) is 20.8 Å². The second-order valence-electron chi connectivity index (χ2n) is 4.80. The maximum atomic E-state index is 12.3. The van der Waals surface area contributed by atoms with Gasteiger partial charge in [-0.15, -0.1) is 0 Å². The number of hydrogen-bond donors (Lipinski definition) is 0. The fraction of sp³-hybridized carbons (Fsp3) is 0.0588. The molecule has 1 heterocycles. The molecule has 3 rings (SSSR count). The van der Waals surface area contributed by atoms with Gasteiger partial charge in [-0.25, -0.2) is 0 Å². The number of benzene rings is 2. The fourth-order valence-corrected chi connectivity index (χ4v) is 2.25. The summed E-state index contributed by atoms with van der Waals surface area (Å²) in [4.78, 5) is 22.7. The zero-order valence-corrected chi connectivity index (χ0v) is 12.5. The molecular formula is C17H10ClO5-. The molecule has 0 bridgehead atoms. The van der Waals surface area contributed by atoms with Crippen molar-refractivity contribution in [2.24, 2.45) is 0 Å². The normalized spacial score (nSPS) is 10.7. The maximum Gasteiger partial charge on any atom is 0.193 e. The van der Waals surface area contributed by atoms with Gasteiger partial charge in [-0.1, -0.05) is 11.6 Å². The summed E-state index contributed by atoms with van der Waals surface area (Å²) in [5, 5.41) is 11.3. The van der Waals surface area contributed by atoms with Gasteiger partial charge in [-0.2, -0.15) is 0 Å². The van der Waals surface area contributed by atoms with E-state index in [1.807, 2.05) is 0 Å². The molecule has 0 amide bonds. The summed E-state index contributed by atoms with van der Waals surface area (Å²) in [7, 11) is 0. The van der Waals surface area contributed by atoms with Gasteiger partial charge in [0.15, 0.2) is 5.43 Å². The van der Waals surface area contributed by atoms with Crippen LogP contribution in [0.25, 0.3) is 22.3 Å². The van der Waals surface area contributed by atoms with Crippen molar-refractivity contribution in [1.29, 1.82) is 0 Å². The van der Waals surface area contributed by atoms with E-state index in [0.29, 0.717) is 21.8 Å². The standard InChI is InChI=1S/C17H11ClO5/c18-11-3-1-10(2-4-11)16-8-14(19)13-7-12(22-9-17(20)21)5-6-15(13)23-16/h1-8H,9H2,(H,20,21)/p-1. The molecule has 0 aliphatic carbocycles. The SMILES string of the molecule is O=C([O-])COc1ccc2oc(-c3ccc(Cl)cc3)cc(=O)c2c1. The van der Waals surface area contributed by atoms with Crippen molar-refractivity contribution in [2.75, 3.05) is 6.61 Å².